The summed E-state index contributed by atoms with van der Waals surface area (Å²) in [4.78, 5) is 17.2. The first-order chi connectivity index (χ1) is 9.25. The van der Waals surface area contributed by atoms with Crippen LogP contribution in [0, 0.1) is 5.92 Å². The quantitative estimate of drug-likeness (QED) is 0.837. The van der Waals surface area contributed by atoms with Gasteiger partial charge in [-0.25, -0.2) is 0 Å². The maximum atomic E-state index is 11.2. The fraction of sp³-hybridized carbons (Fsp3) is 0.625. The van der Waals surface area contributed by atoms with Gasteiger partial charge in [-0.3, -0.25) is 9.78 Å². The van der Waals surface area contributed by atoms with Gasteiger partial charge in [0.1, 0.15) is 0 Å². The molecule has 1 aliphatic rings. The lowest BCUT2D eigenvalue weighted by molar-refractivity contribution is -0.130. The summed E-state index contributed by atoms with van der Waals surface area (Å²) in [5.74, 6) is 0.997. The third-order valence-electron chi connectivity index (χ3n) is 3.65. The van der Waals surface area contributed by atoms with Gasteiger partial charge in [0.05, 0.1) is 0 Å². The van der Waals surface area contributed by atoms with Gasteiger partial charge in [-0.05, 0) is 49.3 Å². The van der Waals surface area contributed by atoms with Crippen LogP contribution in [0.3, 0.4) is 0 Å². The third-order valence-corrected chi connectivity index (χ3v) is 3.65. The number of aryl methyl sites for hydroxylation is 1. The van der Waals surface area contributed by atoms with Gasteiger partial charge < -0.3 is 4.90 Å². The number of rotatable bonds is 3. The Hall–Kier alpha value is -1.38. The van der Waals surface area contributed by atoms with Crippen molar-refractivity contribution in [3.05, 3.63) is 30.1 Å². The molecule has 1 saturated heterocycles. The van der Waals surface area contributed by atoms with Gasteiger partial charge in [0.2, 0.25) is 5.91 Å². The highest BCUT2D eigenvalue weighted by molar-refractivity contribution is 5.73. The van der Waals surface area contributed by atoms with Crippen LogP contribution < -0.4 is 0 Å². The molecule has 1 aliphatic heterocycles. The van der Waals surface area contributed by atoms with Crippen LogP contribution in [0.5, 0.6) is 0 Å². The number of aromatic nitrogens is 1. The van der Waals surface area contributed by atoms with E-state index in [-0.39, 0.29) is 5.91 Å². The molecular weight excluding hydrogens is 236 g/mol. The lowest BCUT2D eigenvalue weighted by Crippen LogP contribution is -2.37. The van der Waals surface area contributed by atoms with Gasteiger partial charge in [0, 0.05) is 32.4 Å². The number of piperidine rings is 1. The van der Waals surface area contributed by atoms with Crippen LogP contribution in [0.15, 0.2) is 24.5 Å². The highest BCUT2D eigenvalue weighted by atomic mass is 16.2. The maximum Gasteiger partial charge on any atom is 0.219 e. The highest BCUT2D eigenvalue weighted by Gasteiger charge is 2.20. The molecule has 3 heteroatoms. The Kier molecular flexibility index (Phi) is 7.16. The normalized spacial score (nSPS) is 15.6. The minimum atomic E-state index is 0.220. The molecule has 106 valence electrons. The predicted molar refractivity (Wildman–Crippen MR) is 78.9 cm³/mol. The summed E-state index contributed by atoms with van der Waals surface area (Å²) in [6, 6.07) is 4.18. The molecule has 0 N–H and O–H groups in total. The van der Waals surface area contributed by atoms with Crippen molar-refractivity contribution in [3.63, 3.8) is 0 Å². The highest BCUT2D eigenvalue weighted by Crippen LogP contribution is 2.22. The van der Waals surface area contributed by atoms with Gasteiger partial charge in [-0.15, -0.1) is 0 Å². The fourth-order valence-electron chi connectivity index (χ4n) is 2.46. The number of nitrogens with zero attached hydrogens (tertiary/aromatic N) is 2. The largest absolute Gasteiger partial charge is 0.343 e. The molecule has 0 aliphatic carbocycles. The molecule has 1 aromatic heterocycles. The lowest BCUT2D eigenvalue weighted by Gasteiger charge is -2.31. The number of pyridine rings is 1. The van der Waals surface area contributed by atoms with Crippen molar-refractivity contribution >= 4 is 5.91 Å². The molecule has 19 heavy (non-hydrogen) atoms. The van der Waals surface area contributed by atoms with E-state index < -0.39 is 0 Å². The minimum Gasteiger partial charge on any atom is -0.343 e. The van der Waals surface area contributed by atoms with Gasteiger partial charge in [0.25, 0.3) is 0 Å². The zero-order chi connectivity index (χ0) is 14.1. The summed E-state index contributed by atoms with van der Waals surface area (Å²) in [5.41, 5.74) is 1.37. The van der Waals surface area contributed by atoms with E-state index in [1.54, 1.807) is 6.92 Å². The second kappa shape index (κ2) is 8.68. The first kappa shape index (κ1) is 15.7. The molecule has 0 radical (unpaired) electrons. The predicted octanol–water partition coefficient (Wildman–Crippen LogP) is 3.30. The number of hydrogen-bond acceptors (Lipinski definition) is 2. The van der Waals surface area contributed by atoms with Crippen molar-refractivity contribution in [2.45, 2.75) is 46.5 Å². The second-order valence-electron chi connectivity index (χ2n) is 4.84. The molecule has 0 aromatic carbocycles. The number of carbonyl (C=O) groups excluding carboxylic acids is 1. The van der Waals surface area contributed by atoms with Crippen LogP contribution in [0.4, 0.5) is 0 Å². The Morgan fingerprint density at radius 3 is 2.37 bits per heavy atom. The maximum absolute atomic E-state index is 11.2. The van der Waals surface area contributed by atoms with Crippen molar-refractivity contribution in [1.29, 1.82) is 0 Å². The van der Waals surface area contributed by atoms with Crippen LogP contribution in [-0.2, 0) is 11.2 Å². The summed E-state index contributed by atoms with van der Waals surface area (Å²) in [5, 5.41) is 0. The molecule has 0 atom stereocenters. The zero-order valence-electron chi connectivity index (χ0n) is 12.4. The van der Waals surface area contributed by atoms with Crippen molar-refractivity contribution in [1.82, 2.24) is 9.88 Å². The topological polar surface area (TPSA) is 33.2 Å². The van der Waals surface area contributed by atoms with Crippen LogP contribution in [0.2, 0.25) is 0 Å². The summed E-state index contributed by atoms with van der Waals surface area (Å²) >= 11 is 0. The SMILES string of the molecule is CC.CC(=O)N1CCC(CCc2ccncc2)CC1. The fourth-order valence-corrected chi connectivity index (χ4v) is 2.46. The van der Waals surface area contributed by atoms with E-state index in [9.17, 15) is 4.79 Å². The lowest BCUT2D eigenvalue weighted by atomic mass is 9.91. The van der Waals surface area contributed by atoms with Crippen LogP contribution in [0.25, 0.3) is 0 Å². The van der Waals surface area contributed by atoms with Crippen LogP contribution in [-0.4, -0.2) is 28.9 Å². The monoisotopic (exact) mass is 262 g/mol. The average molecular weight is 262 g/mol. The molecule has 3 nitrogen and oxygen atoms in total. The van der Waals surface area contributed by atoms with Crippen LogP contribution in [0.1, 0.15) is 45.6 Å². The Balaban J connectivity index is 0.000000861. The van der Waals surface area contributed by atoms with Gasteiger partial charge in [-0.1, -0.05) is 13.8 Å². The van der Waals surface area contributed by atoms with E-state index in [0.717, 1.165) is 38.3 Å². The number of carbonyl (C=O) groups is 1. The van der Waals surface area contributed by atoms with Crippen LogP contribution >= 0.6 is 0 Å². The third kappa shape index (κ3) is 5.41. The Morgan fingerprint density at radius 1 is 1.26 bits per heavy atom. The molecule has 2 rings (SSSR count). The first-order valence-electron chi connectivity index (χ1n) is 7.40. The van der Waals surface area contributed by atoms with E-state index in [0.29, 0.717) is 0 Å². The number of likely N-dealkylation sites (tertiary alicyclic amines) is 1. The molecule has 0 saturated carbocycles. The molecule has 0 unspecified atom stereocenters. The van der Waals surface area contributed by atoms with Crippen molar-refractivity contribution in [2.24, 2.45) is 5.92 Å². The number of hydrogen-bond donors (Lipinski definition) is 0. The molecule has 1 aromatic rings. The Labute approximate surface area is 117 Å². The van der Waals surface area contributed by atoms with E-state index >= 15 is 0 Å². The van der Waals surface area contributed by atoms with Gasteiger partial charge in [-0.2, -0.15) is 0 Å². The van der Waals surface area contributed by atoms with Gasteiger partial charge >= 0.3 is 0 Å². The minimum absolute atomic E-state index is 0.220. The van der Waals surface area contributed by atoms with E-state index in [4.69, 9.17) is 0 Å². The molecule has 0 bridgehead atoms. The summed E-state index contributed by atoms with van der Waals surface area (Å²) in [7, 11) is 0. The summed E-state index contributed by atoms with van der Waals surface area (Å²) < 4.78 is 0. The second-order valence-corrected chi connectivity index (χ2v) is 4.84. The molecular formula is C16H26N2O. The van der Waals surface area contributed by atoms with E-state index in [1.165, 1.54) is 12.0 Å². The molecule has 2 heterocycles. The van der Waals surface area contributed by atoms with E-state index in [1.807, 2.05) is 31.1 Å². The Bertz CT molecular complexity index is 356. The summed E-state index contributed by atoms with van der Waals surface area (Å²) in [6.07, 6.45) is 8.39. The standard InChI is InChI=1S/C14H20N2O.C2H6/c1-12(17)16-10-6-14(7-11-16)3-2-13-4-8-15-9-5-13;1-2/h4-5,8-9,14H,2-3,6-7,10-11H2,1H3;1-2H3. The number of amides is 1. The Morgan fingerprint density at radius 2 is 1.84 bits per heavy atom. The average Bonchev–Trinajstić information content (AvgIpc) is 2.49. The van der Waals surface area contributed by atoms with Crippen molar-refractivity contribution in [3.8, 4) is 0 Å². The molecule has 1 fully saturated rings. The smallest absolute Gasteiger partial charge is 0.219 e. The molecule has 1 amide bonds. The zero-order valence-corrected chi connectivity index (χ0v) is 12.4. The van der Waals surface area contributed by atoms with Crippen molar-refractivity contribution < 1.29 is 4.79 Å². The van der Waals surface area contributed by atoms with E-state index in [2.05, 4.69) is 17.1 Å². The van der Waals surface area contributed by atoms with Crippen molar-refractivity contribution in [2.75, 3.05) is 13.1 Å². The van der Waals surface area contributed by atoms with Gasteiger partial charge in [0.15, 0.2) is 0 Å². The first-order valence-corrected chi connectivity index (χ1v) is 7.40. The summed E-state index contributed by atoms with van der Waals surface area (Å²) in [6.45, 7) is 7.55. The molecule has 0 spiro atoms.